The van der Waals surface area contributed by atoms with E-state index in [-0.39, 0.29) is 19.3 Å². The van der Waals surface area contributed by atoms with Gasteiger partial charge in [0.25, 0.3) is 0 Å². The van der Waals surface area contributed by atoms with Crippen LogP contribution in [0.2, 0.25) is 0 Å². The van der Waals surface area contributed by atoms with Crippen molar-refractivity contribution in [2.24, 2.45) is 11.8 Å². The van der Waals surface area contributed by atoms with E-state index in [2.05, 4.69) is 33.2 Å². The zero-order chi connectivity index (χ0) is 26.8. The lowest BCUT2D eigenvalue weighted by atomic mass is 9.71. The first-order chi connectivity index (χ1) is 19.0. The Morgan fingerprint density at radius 3 is 3.02 bits per heavy atom. The molecule has 2 fully saturated rings. The van der Waals surface area contributed by atoms with Crippen molar-refractivity contribution in [1.29, 1.82) is 0 Å². The highest BCUT2D eigenvalue weighted by Gasteiger charge is 2.43. The molecule has 3 heterocycles. The van der Waals surface area contributed by atoms with Crippen molar-refractivity contribution in [3.63, 3.8) is 0 Å². The Morgan fingerprint density at radius 2 is 2.20 bits per heavy atom. The van der Waals surface area contributed by atoms with Crippen molar-refractivity contribution in [2.45, 2.75) is 77.2 Å². The standard InChI is InChI=1S/C31H38N4O4.H2S/c1-20-26-10-12-35(16-23(26)5-8-30(20)38-18-25-15-32-19-39-25)17-24(36)6-7-29(37)22-9-11-33-31(14-22)34-28-13-21-3-2-4-27(21)28;/h5,8-9,11,14-15,19,21,24,27-28,36H,2-4,6-7,10,12-13,16-18H2,1H3,(H,33,34);1H2/t21?,24-,27?,28?;/m0./s1. The predicted molar refractivity (Wildman–Crippen MR) is 158 cm³/mol. The van der Waals surface area contributed by atoms with Gasteiger partial charge in [-0.05, 0) is 79.3 Å². The van der Waals surface area contributed by atoms with E-state index in [1.54, 1.807) is 18.5 Å². The highest BCUT2D eigenvalue weighted by molar-refractivity contribution is 7.59. The van der Waals surface area contributed by atoms with Gasteiger partial charge in [0.2, 0.25) is 0 Å². The predicted octanol–water partition coefficient (Wildman–Crippen LogP) is 5.05. The molecule has 0 amide bonds. The molecule has 8 nitrogen and oxygen atoms in total. The Kier molecular flexibility index (Phi) is 9.13. The fourth-order valence-electron chi connectivity index (χ4n) is 6.72. The van der Waals surface area contributed by atoms with Crippen LogP contribution in [-0.2, 0) is 19.6 Å². The van der Waals surface area contributed by atoms with Crippen LogP contribution < -0.4 is 10.1 Å². The third-order valence-electron chi connectivity index (χ3n) is 8.95. The number of Topliss-reactive ketones (excluding diaryl/α,β-unsaturated/α-hetero) is 1. The number of pyridine rings is 1. The fraction of sp³-hybridized carbons (Fsp3) is 0.516. The molecule has 3 unspecified atom stereocenters. The number of fused-ring (bicyclic) bond motifs is 2. The van der Waals surface area contributed by atoms with Gasteiger partial charge in [-0.2, -0.15) is 13.5 Å². The largest absolute Gasteiger partial charge is 0.485 e. The van der Waals surface area contributed by atoms with Crippen LogP contribution in [0.25, 0.3) is 0 Å². The third kappa shape index (κ3) is 6.37. The van der Waals surface area contributed by atoms with E-state index in [9.17, 15) is 9.90 Å². The van der Waals surface area contributed by atoms with Gasteiger partial charge < -0.3 is 19.6 Å². The maximum absolute atomic E-state index is 12.9. The average Bonchev–Trinajstić information content (AvgIpc) is 3.60. The average molecular weight is 565 g/mol. The summed E-state index contributed by atoms with van der Waals surface area (Å²) in [5.74, 6) is 4.07. The Bertz CT molecular complexity index is 1300. The second-order valence-corrected chi connectivity index (χ2v) is 11.5. The number of carbonyl (C=O) groups excluding carboxylic acids is 1. The van der Waals surface area contributed by atoms with E-state index in [1.807, 2.05) is 12.1 Å². The summed E-state index contributed by atoms with van der Waals surface area (Å²) in [6, 6.07) is 8.29. The monoisotopic (exact) mass is 564 g/mol. The summed E-state index contributed by atoms with van der Waals surface area (Å²) < 4.78 is 11.2. The minimum absolute atomic E-state index is 0. The van der Waals surface area contributed by atoms with Crippen LogP contribution in [0.4, 0.5) is 5.82 Å². The van der Waals surface area contributed by atoms with Gasteiger partial charge in [-0.25, -0.2) is 9.97 Å². The van der Waals surface area contributed by atoms with E-state index in [0.29, 0.717) is 43.4 Å². The zero-order valence-electron chi connectivity index (χ0n) is 23.1. The summed E-state index contributed by atoms with van der Waals surface area (Å²) in [4.78, 5) is 23.6. The maximum Gasteiger partial charge on any atom is 0.181 e. The number of hydrogen-bond donors (Lipinski definition) is 2. The van der Waals surface area contributed by atoms with Crippen molar-refractivity contribution in [3.05, 3.63) is 71.1 Å². The molecule has 0 saturated heterocycles. The zero-order valence-corrected chi connectivity index (χ0v) is 24.1. The van der Waals surface area contributed by atoms with Crippen LogP contribution in [0, 0.1) is 18.8 Å². The number of nitrogens with one attached hydrogen (secondary N) is 1. The first-order valence-electron chi connectivity index (χ1n) is 14.3. The number of ketones is 1. The second-order valence-electron chi connectivity index (χ2n) is 11.5. The fourth-order valence-corrected chi connectivity index (χ4v) is 6.72. The van der Waals surface area contributed by atoms with Gasteiger partial charge in [0.05, 0.1) is 12.3 Å². The lowest BCUT2D eigenvalue weighted by Gasteiger charge is -2.41. The summed E-state index contributed by atoms with van der Waals surface area (Å²) in [6.45, 7) is 4.67. The maximum atomic E-state index is 12.9. The molecule has 4 atom stereocenters. The van der Waals surface area contributed by atoms with Gasteiger partial charge in [-0.3, -0.25) is 9.69 Å². The molecular weight excluding hydrogens is 524 g/mol. The third-order valence-corrected chi connectivity index (χ3v) is 8.95. The van der Waals surface area contributed by atoms with Crippen molar-refractivity contribution in [2.75, 3.05) is 18.4 Å². The number of aliphatic hydroxyl groups excluding tert-OH is 1. The normalized spacial score (nSPS) is 22.4. The minimum atomic E-state index is -0.546. The molecule has 2 aliphatic carbocycles. The molecule has 0 radical (unpaired) electrons. The van der Waals surface area contributed by atoms with E-state index >= 15 is 0 Å². The molecular formula is C31H40N4O4S. The van der Waals surface area contributed by atoms with Crippen LogP contribution in [0.3, 0.4) is 0 Å². The highest BCUT2D eigenvalue weighted by atomic mass is 32.1. The quantitative estimate of drug-likeness (QED) is 0.312. The van der Waals surface area contributed by atoms with Crippen molar-refractivity contribution >= 4 is 25.1 Å². The molecule has 3 aromatic rings. The van der Waals surface area contributed by atoms with E-state index in [1.165, 1.54) is 43.2 Å². The Morgan fingerprint density at radius 1 is 1.30 bits per heavy atom. The van der Waals surface area contributed by atoms with E-state index in [0.717, 1.165) is 48.5 Å². The lowest BCUT2D eigenvalue weighted by molar-refractivity contribution is 0.0836. The smallest absolute Gasteiger partial charge is 0.181 e. The van der Waals surface area contributed by atoms with E-state index in [4.69, 9.17) is 9.15 Å². The first kappa shape index (κ1) is 28.6. The first-order valence-corrected chi connectivity index (χ1v) is 14.3. The number of ether oxygens (including phenoxy) is 1. The molecule has 1 aromatic carbocycles. The van der Waals surface area contributed by atoms with Gasteiger partial charge in [0, 0.05) is 43.9 Å². The molecule has 6 rings (SSSR count). The van der Waals surface area contributed by atoms with Crippen LogP contribution >= 0.6 is 13.5 Å². The molecule has 214 valence electrons. The Hall–Kier alpha value is -2.88. The summed E-state index contributed by atoms with van der Waals surface area (Å²) >= 11 is 0. The van der Waals surface area contributed by atoms with Gasteiger partial charge in [0.1, 0.15) is 18.2 Å². The molecule has 2 saturated carbocycles. The molecule has 3 aliphatic rings. The Balaban J connectivity index is 0.00000323. The molecule has 40 heavy (non-hydrogen) atoms. The highest BCUT2D eigenvalue weighted by Crippen LogP contribution is 2.47. The SMILES string of the molecule is Cc1c(OCc2cnco2)ccc2c1CCN(C[C@@H](O)CCC(=O)c1ccnc(NC3CC4CCCC43)c1)C2.S. The van der Waals surface area contributed by atoms with Gasteiger partial charge in [-0.15, -0.1) is 0 Å². The second kappa shape index (κ2) is 12.7. The number of hydrogen-bond acceptors (Lipinski definition) is 8. The van der Waals surface area contributed by atoms with E-state index < -0.39 is 6.10 Å². The number of aromatic nitrogens is 2. The summed E-state index contributed by atoms with van der Waals surface area (Å²) in [7, 11) is 0. The van der Waals surface area contributed by atoms with Gasteiger partial charge in [-0.1, -0.05) is 18.9 Å². The van der Waals surface area contributed by atoms with Crippen LogP contribution in [-0.4, -0.2) is 51.0 Å². The van der Waals surface area contributed by atoms with Crippen molar-refractivity contribution in [1.82, 2.24) is 14.9 Å². The topological polar surface area (TPSA) is 101 Å². The molecule has 1 aliphatic heterocycles. The van der Waals surface area contributed by atoms with Crippen molar-refractivity contribution < 1.29 is 19.1 Å². The van der Waals surface area contributed by atoms with Crippen LogP contribution in [0.5, 0.6) is 5.75 Å². The number of benzene rings is 1. The number of nitrogens with zero attached hydrogens (tertiary/aromatic N) is 3. The molecule has 0 spiro atoms. The van der Waals surface area contributed by atoms with Crippen LogP contribution in [0.15, 0.2) is 47.5 Å². The minimum Gasteiger partial charge on any atom is -0.485 e. The number of carbonyl (C=O) groups is 1. The van der Waals surface area contributed by atoms with Gasteiger partial charge >= 0.3 is 0 Å². The number of oxazole rings is 1. The van der Waals surface area contributed by atoms with Gasteiger partial charge in [0.15, 0.2) is 17.9 Å². The molecule has 2 N–H and O–H groups in total. The molecule has 9 heteroatoms. The number of aliphatic hydroxyl groups is 1. The number of rotatable bonds is 11. The summed E-state index contributed by atoms with van der Waals surface area (Å²) in [5.41, 5.74) is 4.41. The number of β-amino-alcohol motifs (C(OH)–C–C–N with tert-alkyl or cyclic N) is 1. The number of anilines is 1. The Labute approximate surface area is 243 Å². The molecule has 0 bridgehead atoms. The molecule has 2 aromatic heterocycles. The summed E-state index contributed by atoms with van der Waals surface area (Å²) in [5, 5.41) is 14.3. The van der Waals surface area contributed by atoms with Crippen LogP contribution in [0.1, 0.15) is 71.3 Å². The summed E-state index contributed by atoms with van der Waals surface area (Å²) in [6.07, 6.45) is 11.2. The van der Waals surface area contributed by atoms with Crippen molar-refractivity contribution in [3.8, 4) is 5.75 Å². The lowest BCUT2D eigenvalue weighted by Crippen LogP contribution is -2.43.